The molecule has 0 aliphatic heterocycles. The Bertz CT molecular complexity index is 377. The first-order chi connectivity index (χ1) is 8.08. The second-order valence-electron chi connectivity index (χ2n) is 4.07. The second kappa shape index (κ2) is 7.22. The molecule has 1 aromatic carbocycles. The average Bonchev–Trinajstić information content (AvgIpc) is 2.23. The first kappa shape index (κ1) is 13.9. The fourth-order valence-corrected chi connectivity index (χ4v) is 1.96. The zero-order chi connectivity index (χ0) is 12.7. The van der Waals surface area contributed by atoms with Crippen LogP contribution in [-0.4, -0.2) is 23.6 Å². The molecule has 1 rings (SSSR count). The van der Waals surface area contributed by atoms with Crippen molar-refractivity contribution in [1.29, 1.82) is 0 Å². The van der Waals surface area contributed by atoms with Crippen LogP contribution in [-0.2, 0) is 0 Å². The van der Waals surface area contributed by atoms with Crippen LogP contribution < -0.4 is 10.5 Å². The van der Waals surface area contributed by atoms with Gasteiger partial charge in [0.1, 0.15) is 5.75 Å². The highest BCUT2D eigenvalue weighted by Gasteiger charge is 1.97. The molecule has 0 atom stereocenters. The van der Waals surface area contributed by atoms with Crippen LogP contribution in [0.5, 0.6) is 5.75 Å². The highest BCUT2D eigenvalue weighted by molar-refractivity contribution is 8.13. The molecule has 4 heteroatoms. The van der Waals surface area contributed by atoms with Crippen molar-refractivity contribution in [2.45, 2.75) is 26.8 Å². The third-order valence-corrected chi connectivity index (χ3v) is 2.75. The number of hydrogen-bond donors (Lipinski definition) is 1. The van der Waals surface area contributed by atoms with Gasteiger partial charge in [-0.25, -0.2) is 0 Å². The normalized spacial score (nSPS) is 11.9. The molecule has 0 saturated heterocycles. The Morgan fingerprint density at radius 1 is 1.47 bits per heavy atom. The van der Waals surface area contributed by atoms with Gasteiger partial charge in [0.15, 0.2) is 5.17 Å². The van der Waals surface area contributed by atoms with Crippen molar-refractivity contribution >= 4 is 16.9 Å². The lowest BCUT2D eigenvalue weighted by atomic mass is 10.2. The third-order valence-electron chi connectivity index (χ3n) is 1.98. The Balaban J connectivity index is 2.25. The minimum Gasteiger partial charge on any atom is -0.493 e. The number of benzene rings is 1. The maximum atomic E-state index is 5.74. The summed E-state index contributed by atoms with van der Waals surface area (Å²) in [4.78, 5) is 4.24. The minimum absolute atomic E-state index is 0.250. The monoisotopic (exact) mass is 252 g/mol. The van der Waals surface area contributed by atoms with Crippen LogP contribution in [0, 0.1) is 6.92 Å². The van der Waals surface area contributed by atoms with Gasteiger partial charge in [0.05, 0.1) is 6.61 Å². The average molecular weight is 252 g/mol. The largest absolute Gasteiger partial charge is 0.493 e. The summed E-state index contributed by atoms with van der Waals surface area (Å²) in [6.07, 6.45) is 0. The van der Waals surface area contributed by atoms with E-state index in [2.05, 4.69) is 18.0 Å². The predicted molar refractivity (Wildman–Crippen MR) is 75.9 cm³/mol. The van der Waals surface area contributed by atoms with E-state index in [1.54, 1.807) is 0 Å². The van der Waals surface area contributed by atoms with Crippen LogP contribution in [0.4, 0.5) is 0 Å². The van der Waals surface area contributed by atoms with Crippen molar-refractivity contribution in [3.63, 3.8) is 0 Å². The molecule has 94 valence electrons. The van der Waals surface area contributed by atoms with Crippen LogP contribution in [0.15, 0.2) is 29.3 Å². The first-order valence-electron chi connectivity index (χ1n) is 5.73. The standard InChI is InChI=1S/C13H20N2OS/c1-10(2)15-13(14)17-8-7-16-12-6-4-5-11(3)9-12/h4-6,9-10H,7-8H2,1-3H3,(H2,14,15). The van der Waals surface area contributed by atoms with Gasteiger partial charge >= 0.3 is 0 Å². The molecule has 2 N–H and O–H groups in total. The van der Waals surface area contributed by atoms with Gasteiger partial charge in [-0.15, -0.1) is 0 Å². The molecular formula is C13H20N2OS. The predicted octanol–water partition coefficient (Wildman–Crippen LogP) is 2.83. The second-order valence-corrected chi connectivity index (χ2v) is 5.19. The molecule has 0 aromatic heterocycles. The summed E-state index contributed by atoms with van der Waals surface area (Å²) in [6, 6.07) is 8.28. The Hall–Kier alpha value is -1.16. The Morgan fingerprint density at radius 2 is 2.24 bits per heavy atom. The molecule has 0 unspecified atom stereocenters. The van der Waals surface area contributed by atoms with Crippen LogP contribution in [0.2, 0.25) is 0 Å². The highest BCUT2D eigenvalue weighted by atomic mass is 32.2. The van der Waals surface area contributed by atoms with Crippen molar-refractivity contribution in [3.05, 3.63) is 29.8 Å². The minimum atomic E-state index is 0.250. The number of thioether (sulfide) groups is 1. The van der Waals surface area contributed by atoms with E-state index in [1.807, 2.05) is 32.0 Å². The van der Waals surface area contributed by atoms with Gasteiger partial charge < -0.3 is 10.5 Å². The summed E-state index contributed by atoms with van der Waals surface area (Å²) in [7, 11) is 0. The lowest BCUT2D eigenvalue weighted by molar-refractivity contribution is 0.344. The fraction of sp³-hybridized carbons (Fsp3) is 0.462. The Labute approximate surface area is 107 Å². The van der Waals surface area contributed by atoms with Gasteiger partial charge in [-0.1, -0.05) is 23.9 Å². The van der Waals surface area contributed by atoms with Gasteiger partial charge in [-0.3, -0.25) is 4.99 Å². The van der Waals surface area contributed by atoms with Crippen molar-refractivity contribution in [2.24, 2.45) is 10.7 Å². The van der Waals surface area contributed by atoms with E-state index in [9.17, 15) is 0 Å². The SMILES string of the molecule is Cc1cccc(OCCSC(N)=NC(C)C)c1. The first-order valence-corrected chi connectivity index (χ1v) is 6.72. The zero-order valence-corrected chi connectivity index (χ0v) is 11.5. The number of nitrogens with two attached hydrogens (primary N) is 1. The molecule has 0 fully saturated rings. The summed E-state index contributed by atoms with van der Waals surface area (Å²) < 4.78 is 5.61. The number of nitrogens with zero attached hydrogens (tertiary/aromatic N) is 1. The highest BCUT2D eigenvalue weighted by Crippen LogP contribution is 2.12. The van der Waals surface area contributed by atoms with Crippen LogP contribution in [0.25, 0.3) is 0 Å². The molecule has 3 nitrogen and oxygen atoms in total. The van der Waals surface area contributed by atoms with E-state index >= 15 is 0 Å². The number of hydrogen-bond acceptors (Lipinski definition) is 3. The Kier molecular flexibility index (Phi) is 5.91. The number of aryl methyl sites for hydroxylation is 1. The lowest BCUT2D eigenvalue weighted by Gasteiger charge is -2.06. The summed E-state index contributed by atoms with van der Waals surface area (Å²) in [5, 5.41) is 0.632. The van der Waals surface area contributed by atoms with Crippen molar-refractivity contribution in [2.75, 3.05) is 12.4 Å². The molecule has 0 saturated carbocycles. The smallest absolute Gasteiger partial charge is 0.154 e. The van der Waals surface area contributed by atoms with Crippen LogP contribution >= 0.6 is 11.8 Å². The summed E-state index contributed by atoms with van der Waals surface area (Å²) in [6.45, 7) is 6.71. The summed E-state index contributed by atoms with van der Waals surface area (Å²) >= 11 is 1.53. The van der Waals surface area contributed by atoms with Crippen LogP contribution in [0.1, 0.15) is 19.4 Å². The zero-order valence-electron chi connectivity index (χ0n) is 10.6. The molecule has 0 heterocycles. The van der Waals surface area contributed by atoms with Crippen molar-refractivity contribution in [1.82, 2.24) is 0 Å². The molecule has 0 spiro atoms. The van der Waals surface area contributed by atoms with Gasteiger partial charge in [0, 0.05) is 11.8 Å². The molecule has 17 heavy (non-hydrogen) atoms. The summed E-state index contributed by atoms with van der Waals surface area (Å²) in [5.74, 6) is 1.72. The number of aliphatic imine (C=N–C) groups is 1. The molecule has 1 aromatic rings. The van der Waals surface area contributed by atoms with E-state index in [1.165, 1.54) is 17.3 Å². The maximum Gasteiger partial charge on any atom is 0.154 e. The molecule has 0 aliphatic carbocycles. The molecule has 0 amide bonds. The molecular weight excluding hydrogens is 232 g/mol. The molecule has 0 radical (unpaired) electrons. The van der Waals surface area contributed by atoms with E-state index in [0.29, 0.717) is 11.8 Å². The van der Waals surface area contributed by atoms with Gasteiger partial charge in [-0.2, -0.15) is 0 Å². The van der Waals surface area contributed by atoms with Gasteiger partial charge in [-0.05, 0) is 38.5 Å². The third kappa shape index (κ3) is 6.22. The van der Waals surface area contributed by atoms with Crippen LogP contribution in [0.3, 0.4) is 0 Å². The van der Waals surface area contributed by atoms with Gasteiger partial charge in [0.25, 0.3) is 0 Å². The number of ether oxygens (including phenoxy) is 1. The molecule has 0 aliphatic rings. The quantitative estimate of drug-likeness (QED) is 0.498. The van der Waals surface area contributed by atoms with E-state index < -0.39 is 0 Å². The fourth-order valence-electron chi connectivity index (χ4n) is 1.30. The topological polar surface area (TPSA) is 47.6 Å². The molecule has 0 bridgehead atoms. The van der Waals surface area contributed by atoms with E-state index in [-0.39, 0.29) is 6.04 Å². The maximum absolute atomic E-state index is 5.74. The van der Waals surface area contributed by atoms with Gasteiger partial charge in [0.2, 0.25) is 0 Å². The van der Waals surface area contributed by atoms with Crippen molar-refractivity contribution < 1.29 is 4.74 Å². The number of rotatable bonds is 5. The van der Waals surface area contributed by atoms with Crippen molar-refractivity contribution in [3.8, 4) is 5.75 Å². The van der Waals surface area contributed by atoms with E-state index in [0.717, 1.165) is 11.5 Å². The summed E-state index contributed by atoms with van der Waals surface area (Å²) in [5.41, 5.74) is 6.94. The Morgan fingerprint density at radius 3 is 2.88 bits per heavy atom. The van der Waals surface area contributed by atoms with E-state index in [4.69, 9.17) is 10.5 Å². The number of amidine groups is 1. The lowest BCUT2D eigenvalue weighted by Crippen LogP contribution is -2.12.